The summed E-state index contributed by atoms with van der Waals surface area (Å²) in [5, 5.41) is 8.79. The van der Waals surface area contributed by atoms with E-state index < -0.39 is 0 Å². The van der Waals surface area contributed by atoms with Gasteiger partial charge in [0.25, 0.3) is 0 Å². The van der Waals surface area contributed by atoms with Crippen molar-refractivity contribution in [1.29, 1.82) is 0 Å². The zero-order valence-corrected chi connectivity index (χ0v) is 14.0. The Labute approximate surface area is 134 Å². The van der Waals surface area contributed by atoms with Gasteiger partial charge in [0.2, 0.25) is 11.8 Å². The van der Waals surface area contributed by atoms with E-state index in [9.17, 15) is 4.79 Å². The third kappa shape index (κ3) is 4.38. The minimum atomic E-state index is -0.0884. The summed E-state index contributed by atoms with van der Waals surface area (Å²) in [6.07, 6.45) is 0.146. The molecule has 0 aromatic carbocycles. The van der Waals surface area contributed by atoms with Crippen molar-refractivity contribution in [2.75, 3.05) is 19.6 Å². The van der Waals surface area contributed by atoms with Crippen molar-refractivity contribution in [3.05, 3.63) is 34.1 Å². The van der Waals surface area contributed by atoms with Crippen molar-refractivity contribution < 1.29 is 9.32 Å². The average Bonchev–Trinajstić information content (AvgIpc) is 3.15. The van der Waals surface area contributed by atoms with Crippen LogP contribution in [0.3, 0.4) is 0 Å². The molecule has 0 bridgehead atoms. The Morgan fingerprint density at radius 1 is 1.45 bits per heavy atom. The first-order valence-electron chi connectivity index (χ1n) is 7.47. The molecule has 1 amide bonds. The number of aromatic nitrogens is 2. The lowest BCUT2D eigenvalue weighted by atomic mass is 10.2. The van der Waals surface area contributed by atoms with E-state index in [1.807, 2.05) is 6.07 Å². The van der Waals surface area contributed by atoms with Crippen LogP contribution >= 0.6 is 11.3 Å². The summed E-state index contributed by atoms with van der Waals surface area (Å²) in [5.41, 5.74) is 0. The summed E-state index contributed by atoms with van der Waals surface area (Å²) >= 11 is 1.72. The van der Waals surface area contributed by atoms with E-state index in [1.165, 1.54) is 4.88 Å². The number of nitrogens with zero attached hydrogens (tertiary/aromatic N) is 3. The van der Waals surface area contributed by atoms with Gasteiger partial charge in [0.15, 0.2) is 5.82 Å². The maximum atomic E-state index is 12.0. The lowest BCUT2D eigenvalue weighted by molar-refractivity contribution is -0.120. The summed E-state index contributed by atoms with van der Waals surface area (Å²) < 4.78 is 4.88. The largest absolute Gasteiger partial charge is 0.354 e. The fourth-order valence-corrected chi connectivity index (χ4v) is 3.25. The first kappa shape index (κ1) is 16.6. The first-order valence-corrected chi connectivity index (χ1v) is 8.35. The van der Waals surface area contributed by atoms with E-state index in [2.05, 4.69) is 45.7 Å². The van der Waals surface area contributed by atoms with Gasteiger partial charge in [-0.15, -0.1) is 11.3 Å². The van der Waals surface area contributed by atoms with E-state index >= 15 is 0 Å². The Hall–Kier alpha value is -1.73. The van der Waals surface area contributed by atoms with Crippen LogP contribution in [0.2, 0.25) is 0 Å². The lowest BCUT2D eigenvalue weighted by Gasteiger charge is -2.29. The molecule has 1 unspecified atom stereocenters. The summed E-state index contributed by atoms with van der Waals surface area (Å²) in [6.45, 7) is 8.44. The van der Waals surface area contributed by atoms with Crippen molar-refractivity contribution in [3.8, 4) is 0 Å². The number of nitrogens with one attached hydrogen (secondary N) is 1. The van der Waals surface area contributed by atoms with Gasteiger partial charge >= 0.3 is 0 Å². The van der Waals surface area contributed by atoms with Gasteiger partial charge in [0, 0.05) is 18.3 Å². The first-order chi connectivity index (χ1) is 10.6. The summed E-state index contributed by atoms with van der Waals surface area (Å²) in [4.78, 5) is 19.7. The molecule has 0 saturated carbocycles. The molecule has 1 N–H and O–H groups in total. The highest BCUT2D eigenvalue weighted by Gasteiger charge is 2.20. The molecule has 2 aromatic heterocycles. The predicted octanol–water partition coefficient (Wildman–Crippen LogP) is 2.18. The number of rotatable bonds is 8. The molecule has 0 aliphatic carbocycles. The second-order valence-electron chi connectivity index (χ2n) is 4.96. The Morgan fingerprint density at radius 3 is 2.77 bits per heavy atom. The van der Waals surface area contributed by atoms with Gasteiger partial charge in [-0.1, -0.05) is 25.1 Å². The molecule has 6 nitrogen and oxygen atoms in total. The van der Waals surface area contributed by atoms with Crippen molar-refractivity contribution >= 4 is 17.2 Å². The Morgan fingerprint density at radius 2 is 2.23 bits per heavy atom. The average molecular weight is 322 g/mol. The molecule has 22 heavy (non-hydrogen) atoms. The number of hydrogen-bond donors (Lipinski definition) is 1. The molecule has 1 atom stereocenters. The molecule has 2 aromatic rings. The minimum Gasteiger partial charge on any atom is -0.354 e. The number of thiophene rings is 1. The van der Waals surface area contributed by atoms with Crippen LogP contribution in [0, 0.1) is 6.92 Å². The highest BCUT2D eigenvalue weighted by atomic mass is 32.1. The normalized spacial score (nSPS) is 12.5. The van der Waals surface area contributed by atoms with Crippen LogP contribution in [0.5, 0.6) is 0 Å². The molecular formula is C15H22N4O2S. The fourth-order valence-electron chi connectivity index (χ4n) is 2.38. The molecule has 120 valence electrons. The minimum absolute atomic E-state index is 0.0884. The number of hydrogen-bond acceptors (Lipinski definition) is 6. The van der Waals surface area contributed by atoms with Crippen LogP contribution in [0.25, 0.3) is 0 Å². The molecule has 0 aliphatic heterocycles. The second-order valence-corrected chi connectivity index (χ2v) is 5.94. The monoisotopic (exact) mass is 322 g/mol. The van der Waals surface area contributed by atoms with Crippen LogP contribution in [-0.4, -0.2) is 40.6 Å². The number of carbonyl (C=O) groups excluding carboxylic acids is 1. The maximum Gasteiger partial charge on any atom is 0.227 e. The van der Waals surface area contributed by atoms with Crippen LogP contribution < -0.4 is 5.32 Å². The van der Waals surface area contributed by atoms with Crippen molar-refractivity contribution in [2.24, 2.45) is 0 Å². The van der Waals surface area contributed by atoms with E-state index in [0.717, 1.165) is 13.1 Å². The fraction of sp³-hybridized carbons (Fsp3) is 0.533. The summed E-state index contributed by atoms with van der Waals surface area (Å²) in [6, 6.07) is 4.36. The molecule has 7 heteroatoms. The summed E-state index contributed by atoms with van der Waals surface area (Å²) in [7, 11) is 0. The summed E-state index contributed by atoms with van der Waals surface area (Å²) in [5.74, 6) is 0.808. The number of aryl methyl sites for hydroxylation is 1. The van der Waals surface area contributed by atoms with E-state index in [1.54, 1.807) is 18.3 Å². The van der Waals surface area contributed by atoms with Crippen LogP contribution in [0.1, 0.15) is 36.5 Å². The second kappa shape index (κ2) is 8.05. The van der Waals surface area contributed by atoms with Gasteiger partial charge in [-0.2, -0.15) is 4.98 Å². The Bertz CT molecular complexity index is 578. The zero-order valence-electron chi connectivity index (χ0n) is 13.2. The number of likely N-dealkylation sites (N-methyl/N-ethyl adjacent to an activating group) is 1. The highest BCUT2D eigenvalue weighted by molar-refractivity contribution is 7.10. The molecule has 0 saturated heterocycles. The third-order valence-electron chi connectivity index (χ3n) is 3.51. The number of amides is 1. The van der Waals surface area contributed by atoms with Gasteiger partial charge in [0.05, 0.1) is 12.5 Å². The molecular weight excluding hydrogens is 300 g/mol. The Balaban J connectivity index is 1.94. The quantitative estimate of drug-likeness (QED) is 0.806. The molecule has 2 heterocycles. The van der Waals surface area contributed by atoms with E-state index in [-0.39, 0.29) is 18.4 Å². The third-order valence-corrected chi connectivity index (χ3v) is 4.48. The standard InChI is InChI=1S/C15H22N4O2S/c1-4-19(5-2)12(13-7-6-8-22-13)10-16-15(20)9-14-17-11(3)21-18-14/h6-8,12H,4-5,9-10H2,1-3H3,(H,16,20). The lowest BCUT2D eigenvalue weighted by Crippen LogP contribution is -2.38. The highest BCUT2D eigenvalue weighted by Crippen LogP contribution is 2.24. The van der Waals surface area contributed by atoms with Gasteiger partial charge in [0.1, 0.15) is 0 Å². The maximum absolute atomic E-state index is 12.0. The SMILES string of the molecule is CCN(CC)C(CNC(=O)Cc1noc(C)n1)c1cccs1. The van der Waals surface area contributed by atoms with Crippen molar-refractivity contribution in [1.82, 2.24) is 20.4 Å². The topological polar surface area (TPSA) is 71.3 Å². The van der Waals surface area contributed by atoms with E-state index in [0.29, 0.717) is 18.3 Å². The van der Waals surface area contributed by atoms with Crippen LogP contribution in [0.4, 0.5) is 0 Å². The van der Waals surface area contributed by atoms with Crippen LogP contribution in [-0.2, 0) is 11.2 Å². The van der Waals surface area contributed by atoms with Gasteiger partial charge in [-0.05, 0) is 24.5 Å². The van der Waals surface area contributed by atoms with Crippen LogP contribution in [0.15, 0.2) is 22.0 Å². The molecule has 0 aliphatic rings. The molecule has 0 radical (unpaired) electrons. The smallest absolute Gasteiger partial charge is 0.227 e. The molecule has 2 rings (SSSR count). The molecule has 0 fully saturated rings. The van der Waals surface area contributed by atoms with Gasteiger partial charge < -0.3 is 9.84 Å². The Kier molecular flexibility index (Phi) is 6.09. The molecule has 0 spiro atoms. The van der Waals surface area contributed by atoms with E-state index in [4.69, 9.17) is 4.52 Å². The predicted molar refractivity (Wildman–Crippen MR) is 85.7 cm³/mol. The zero-order chi connectivity index (χ0) is 15.9. The van der Waals surface area contributed by atoms with Gasteiger partial charge in [-0.3, -0.25) is 9.69 Å². The van der Waals surface area contributed by atoms with Crippen molar-refractivity contribution in [3.63, 3.8) is 0 Å². The van der Waals surface area contributed by atoms with Crippen molar-refractivity contribution in [2.45, 2.75) is 33.2 Å². The van der Waals surface area contributed by atoms with Gasteiger partial charge in [-0.25, -0.2) is 0 Å². The number of carbonyl (C=O) groups is 1.